The van der Waals surface area contributed by atoms with E-state index >= 15 is 0 Å². The molecule has 0 unspecified atom stereocenters. The number of aliphatic hydroxyl groups excluding tert-OH is 1. The van der Waals surface area contributed by atoms with Gasteiger partial charge in [-0.3, -0.25) is 9.59 Å². The van der Waals surface area contributed by atoms with Crippen LogP contribution in [0.4, 0.5) is 5.69 Å². The number of carbonyl (C=O) groups is 2. The van der Waals surface area contributed by atoms with E-state index in [1.807, 2.05) is 0 Å². The first-order valence-electron chi connectivity index (χ1n) is 6.12. The molecule has 2 amide bonds. The second-order valence-corrected chi connectivity index (χ2v) is 4.27. The van der Waals surface area contributed by atoms with Crippen molar-refractivity contribution in [2.24, 2.45) is 0 Å². The topological polar surface area (TPSA) is 87.7 Å². The third-order valence-corrected chi connectivity index (χ3v) is 2.70. The van der Waals surface area contributed by atoms with E-state index in [9.17, 15) is 9.59 Å². The number of ether oxygens (including phenoxy) is 1. The summed E-state index contributed by atoms with van der Waals surface area (Å²) < 4.78 is 5.23. The SMILES string of the molecule is O=C(Cc1ccc2c(c1)NC(=O)CO2)NCCCO. The Morgan fingerprint density at radius 3 is 3.11 bits per heavy atom. The summed E-state index contributed by atoms with van der Waals surface area (Å²) in [6.07, 6.45) is 0.772. The Kier molecular flexibility index (Phi) is 4.35. The molecule has 1 aliphatic heterocycles. The molecule has 0 aliphatic carbocycles. The fourth-order valence-corrected chi connectivity index (χ4v) is 1.79. The highest BCUT2D eigenvalue weighted by Crippen LogP contribution is 2.28. The second-order valence-electron chi connectivity index (χ2n) is 4.27. The Balaban J connectivity index is 1.96. The molecule has 0 aromatic heterocycles. The normalized spacial score (nSPS) is 13.2. The number of benzene rings is 1. The van der Waals surface area contributed by atoms with Crippen LogP contribution in [0, 0.1) is 0 Å². The summed E-state index contributed by atoms with van der Waals surface area (Å²) in [6, 6.07) is 5.27. The van der Waals surface area contributed by atoms with Crippen molar-refractivity contribution in [1.82, 2.24) is 5.32 Å². The van der Waals surface area contributed by atoms with Crippen LogP contribution in [0.25, 0.3) is 0 Å². The molecule has 1 aromatic carbocycles. The van der Waals surface area contributed by atoms with Crippen molar-refractivity contribution in [3.63, 3.8) is 0 Å². The quantitative estimate of drug-likeness (QED) is 0.656. The molecule has 0 atom stereocenters. The standard InChI is InChI=1S/C13H16N2O4/c16-5-1-4-14-12(17)7-9-2-3-11-10(6-9)15-13(18)8-19-11/h2-3,6,16H,1,4-5,7-8H2,(H,14,17)(H,15,18). The maximum atomic E-state index is 11.6. The lowest BCUT2D eigenvalue weighted by Gasteiger charge is -2.18. The maximum Gasteiger partial charge on any atom is 0.262 e. The highest BCUT2D eigenvalue weighted by molar-refractivity contribution is 5.95. The predicted octanol–water partition coefficient (Wildman–Crippen LogP) is 0.0586. The minimum Gasteiger partial charge on any atom is -0.482 e. The van der Waals surface area contributed by atoms with Gasteiger partial charge in [0.1, 0.15) is 5.75 Å². The van der Waals surface area contributed by atoms with Crippen molar-refractivity contribution >= 4 is 17.5 Å². The van der Waals surface area contributed by atoms with Crippen LogP contribution in [0.15, 0.2) is 18.2 Å². The Labute approximate surface area is 110 Å². The zero-order valence-corrected chi connectivity index (χ0v) is 10.4. The number of nitrogens with one attached hydrogen (secondary N) is 2. The third-order valence-electron chi connectivity index (χ3n) is 2.70. The Bertz CT molecular complexity index is 488. The highest BCUT2D eigenvalue weighted by atomic mass is 16.5. The minimum absolute atomic E-state index is 0.0218. The molecule has 3 N–H and O–H groups in total. The maximum absolute atomic E-state index is 11.6. The van der Waals surface area contributed by atoms with Gasteiger partial charge < -0.3 is 20.5 Å². The van der Waals surface area contributed by atoms with E-state index in [1.165, 1.54) is 0 Å². The molecule has 6 heteroatoms. The lowest BCUT2D eigenvalue weighted by molar-refractivity contribution is -0.120. The van der Waals surface area contributed by atoms with Gasteiger partial charge in [-0.15, -0.1) is 0 Å². The summed E-state index contributed by atoms with van der Waals surface area (Å²) in [5.74, 6) is 0.303. The predicted molar refractivity (Wildman–Crippen MR) is 69.0 cm³/mol. The lowest BCUT2D eigenvalue weighted by atomic mass is 10.1. The monoisotopic (exact) mass is 264 g/mol. The number of fused-ring (bicyclic) bond motifs is 1. The van der Waals surface area contributed by atoms with Gasteiger partial charge in [-0.25, -0.2) is 0 Å². The molecule has 1 aliphatic rings. The first-order valence-corrected chi connectivity index (χ1v) is 6.12. The van der Waals surface area contributed by atoms with E-state index < -0.39 is 0 Å². The first kappa shape index (κ1) is 13.4. The van der Waals surface area contributed by atoms with Gasteiger partial charge in [0.25, 0.3) is 5.91 Å². The Morgan fingerprint density at radius 2 is 2.32 bits per heavy atom. The molecule has 0 radical (unpaired) electrons. The Hall–Kier alpha value is -2.08. The average molecular weight is 264 g/mol. The molecule has 1 heterocycles. The van der Waals surface area contributed by atoms with Crippen molar-refractivity contribution in [3.05, 3.63) is 23.8 Å². The largest absolute Gasteiger partial charge is 0.482 e. The summed E-state index contributed by atoms with van der Waals surface area (Å²) in [4.78, 5) is 22.8. The number of carbonyl (C=O) groups excluding carboxylic acids is 2. The summed E-state index contributed by atoms with van der Waals surface area (Å²) in [6.45, 7) is 0.538. The van der Waals surface area contributed by atoms with Gasteiger partial charge >= 0.3 is 0 Å². The third kappa shape index (κ3) is 3.69. The average Bonchev–Trinajstić information content (AvgIpc) is 2.38. The smallest absolute Gasteiger partial charge is 0.262 e. The number of amides is 2. The molecule has 19 heavy (non-hydrogen) atoms. The Morgan fingerprint density at radius 1 is 1.47 bits per heavy atom. The van der Waals surface area contributed by atoms with Gasteiger partial charge in [-0.1, -0.05) is 6.07 Å². The minimum atomic E-state index is -0.197. The van der Waals surface area contributed by atoms with Crippen LogP contribution in [-0.2, 0) is 16.0 Å². The molecule has 102 valence electrons. The van der Waals surface area contributed by atoms with Crippen molar-refractivity contribution in [1.29, 1.82) is 0 Å². The van der Waals surface area contributed by atoms with Crippen LogP contribution in [0.2, 0.25) is 0 Å². The number of hydrogen-bond donors (Lipinski definition) is 3. The molecular formula is C13H16N2O4. The van der Waals surface area contributed by atoms with Crippen molar-refractivity contribution in [3.8, 4) is 5.75 Å². The fourth-order valence-electron chi connectivity index (χ4n) is 1.79. The van der Waals surface area contributed by atoms with Crippen molar-refractivity contribution in [2.75, 3.05) is 25.1 Å². The molecule has 0 fully saturated rings. The van der Waals surface area contributed by atoms with Crippen molar-refractivity contribution in [2.45, 2.75) is 12.8 Å². The number of aliphatic hydroxyl groups is 1. The van der Waals surface area contributed by atoms with Gasteiger partial charge in [0.15, 0.2) is 6.61 Å². The molecule has 2 rings (SSSR count). The zero-order chi connectivity index (χ0) is 13.7. The molecule has 0 bridgehead atoms. The zero-order valence-electron chi connectivity index (χ0n) is 10.4. The fraction of sp³-hybridized carbons (Fsp3) is 0.385. The first-order chi connectivity index (χ1) is 9.19. The lowest BCUT2D eigenvalue weighted by Crippen LogP contribution is -2.27. The van der Waals surface area contributed by atoms with Gasteiger partial charge in [0, 0.05) is 13.2 Å². The van der Waals surface area contributed by atoms with Crippen molar-refractivity contribution < 1.29 is 19.4 Å². The second kappa shape index (κ2) is 6.19. The summed E-state index contributed by atoms with van der Waals surface area (Å²) in [7, 11) is 0. The molecule has 0 saturated heterocycles. The number of rotatable bonds is 5. The molecule has 0 spiro atoms. The van der Waals surface area contributed by atoms with Crippen LogP contribution < -0.4 is 15.4 Å². The van der Waals surface area contributed by atoms with E-state index in [0.29, 0.717) is 24.4 Å². The van der Waals surface area contributed by atoms with Crippen LogP contribution in [0.1, 0.15) is 12.0 Å². The van der Waals surface area contributed by atoms with E-state index in [4.69, 9.17) is 9.84 Å². The number of anilines is 1. The summed E-state index contributed by atoms with van der Waals surface area (Å²) in [5, 5.41) is 14.0. The summed E-state index contributed by atoms with van der Waals surface area (Å²) >= 11 is 0. The molecule has 1 aromatic rings. The van der Waals surface area contributed by atoms with Crippen LogP contribution in [0.3, 0.4) is 0 Å². The van der Waals surface area contributed by atoms with Gasteiger partial charge in [0.05, 0.1) is 12.1 Å². The molecular weight excluding hydrogens is 248 g/mol. The van der Waals surface area contributed by atoms with E-state index in [-0.39, 0.29) is 31.4 Å². The summed E-state index contributed by atoms with van der Waals surface area (Å²) in [5.41, 5.74) is 1.39. The van der Waals surface area contributed by atoms with Gasteiger partial charge in [-0.2, -0.15) is 0 Å². The van der Waals surface area contributed by atoms with E-state index in [0.717, 1.165) is 5.56 Å². The number of hydrogen-bond acceptors (Lipinski definition) is 4. The van der Waals surface area contributed by atoms with E-state index in [2.05, 4.69) is 10.6 Å². The molecule has 0 saturated carbocycles. The van der Waals surface area contributed by atoms with Crippen LogP contribution >= 0.6 is 0 Å². The van der Waals surface area contributed by atoms with Crippen LogP contribution in [-0.4, -0.2) is 36.7 Å². The highest BCUT2D eigenvalue weighted by Gasteiger charge is 2.16. The van der Waals surface area contributed by atoms with Gasteiger partial charge in [0.2, 0.25) is 5.91 Å². The van der Waals surface area contributed by atoms with Gasteiger partial charge in [-0.05, 0) is 24.1 Å². The van der Waals surface area contributed by atoms with E-state index in [1.54, 1.807) is 18.2 Å². The molecule has 6 nitrogen and oxygen atoms in total. The van der Waals surface area contributed by atoms with Crippen LogP contribution in [0.5, 0.6) is 5.75 Å².